The first kappa shape index (κ1) is 38.6. The van der Waals surface area contributed by atoms with Crippen LogP contribution in [0.15, 0.2) is 83.9 Å². The van der Waals surface area contributed by atoms with Crippen molar-refractivity contribution in [3.63, 3.8) is 0 Å². The van der Waals surface area contributed by atoms with Crippen molar-refractivity contribution >= 4 is 58.0 Å². The van der Waals surface area contributed by atoms with E-state index in [-0.39, 0.29) is 47.5 Å². The molecule has 3 aromatic carbocycles. The number of nitrogens with zero attached hydrogens (tertiary/aromatic N) is 3. The van der Waals surface area contributed by atoms with Gasteiger partial charge in [0.15, 0.2) is 0 Å². The van der Waals surface area contributed by atoms with E-state index in [9.17, 15) is 38.9 Å². The first-order valence-corrected chi connectivity index (χ1v) is 18.0. The Bertz CT molecular complexity index is 2400. The molecule has 288 valence electrons. The maximum atomic E-state index is 13.3. The Hall–Kier alpha value is -7.10. The van der Waals surface area contributed by atoms with Crippen molar-refractivity contribution in [3.8, 4) is 22.6 Å². The van der Waals surface area contributed by atoms with E-state index in [2.05, 4.69) is 20.9 Å². The Morgan fingerprint density at radius 3 is 2.46 bits per heavy atom. The number of nitro benzene ring substituents is 1. The SMILES string of the molecule is CC(CCC(=O)NC=O)N1C(=O)c2cccc(NCCCCCC(=O)Nc3ccc(Oc4ccc([N+](=O)[O-])cc4-c4cn(C)c(=O)c5[nH]ccc45)cc3)c2C1=O. The average Bonchev–Trinajstić information content (AvgIpc) is 3.77. The number of carbonyl (C=O) groups is 5. The zero-order chi connectivity index (χ0) is 39.9. The molecular formula is C40H39N7O9. The van der Waals surface area contributed by atoms with Crippen LogP contribution in [0, 0.1) is 10.1 Å². The van der Waals surface area contributed by atoms with Gasteiger partial charge in [-0.2, -0.15) is 0 Å². The van der Waals surface area contributed by atoms with Gasteiger partial charge in [-0.1, -0.05) is 12.5 Å². The number of aromatic nitrogens is 2. The van der Waals surface area contributed by atoms with Gasteiger partial charge in [0.1, 0.15) is 17.0 Å². The smallest absolute Gasteiger partial charge is 0.274 e. The third kappa shape index (κ3) is 8.33. The van der Waals surface area contributed by atoms with Gasteiger partial charge in [0.25, 0.3) is 23.1 Å². The monoisotopic (exact) mass is 761 g/mol. The first-order valence-electron chi connectivity index (χ1n) is 18.0. The Kier molecular flexibility index (Phi) is 11.7. The molecule has 1 unspecified atom stereocenters. The van der Waals surface area contributed by atoms with E-state index in [0.29, 0.717) is 70.7 Å². The summed E-state index contributed by atoms with van der Waals surface area (Å²) in [4.78, 5) is 89.1. The van der Waals surface area contributed by atoms with Crippen molar-refractivity contribution in [2.75, 3.05) is 17.2 Å². The summed E-state index contributed by atoms with van der Waals surface area (Å²) in [6.45, 7) is 2.19. The van der Waals surface area contributed by atoms with Crippen LogP contribution in [0.2, 0.25) is 0 Å². The van der Waals surface area contributed by atoms with E-state index in [4.69, 9.17) is 4.74 Å². The fourth-order valence-electron chi connectivity index (χ4n) is 6.64. The normalized spacial score (nSPS) is 12.6. The lowest BCUT2D eigenvalue weighted by Gasteiger charge is -2.22. The highest BCUT2D eigenvalue weighted by Crippen LogP contribution is 2.39. The number of H-pyrrole nitrogens is 1. The average molecular weight is 762 g/mol. The second-order valence-corrected chi connectivity index (χ2v) is 13.4. The Labute approximate surface area is 320 Å². The van der Waals surface area contributed by atoms with Crippen LogP contribution in [0.25, 0.3) is 22.0 Å². The lowest BCUT2D eigenvalue weighted by molar-refractivity contribution is -0.384. The van der Waals surface area contributed by atoms with Gasteiger partial charge in [0, 0.05) is 84.9 Å². The van der Waals surface area contributed by atoms with Crippen molar-refractivity contribution in [1.82, 2.24) is 19.8 Å². The Balaban J connectivity index is 0.988. The van der Waals surface area contributed by atoms with E-state index in [1.54, 1.807) is 74.9 Å². The van der Waals surface area contributed by atoms with Crippen LogP contribution in [0.4, 0.5) is 17.1 Å². The highest BCUT2D eigenvalue weighted by Gasteiger charge is 2.40. The molecule has 0 aliphatic carbocycles. The highest BCUT2D eigenvalue weighted by molar-refractivity contribution is 6.24. The predicted molar refractivity (Wildman–Crippen MR) is 208 cm³/mol. The summed E-state index contributed by atoms with van der Waals surface area (Å²) in [6, 6.07) is 17.2. The number of imide groups is 2. The first-order chi connectivity index (χ1) is 27.0. The van der Waals surface area contributed by atoms with E-state index >= 15 is 0 Å². The van der Waals surface area contributed by atoms with Gasteiger partial charge in [-0.15, -0.1) is 0 Å². The molecule has 1 aliphatic rings. The minimum absolute atomic E-state index is 0.00962. The van der Waals surface area contributed by atoms with Gasteiger partial charge < -0.3 is 24.9 Å². The number of amides is 5. The number of pyridine rings is 1. The summed E-state index contributed by atoms with van der Waals surface area (Å²) >= 11 is 0. The molecule has 6 rings (SSSR count). The number of unbranched alkanes of at least 4 members (excludes halogenated alkanes) is 2. The minimum Gasteiger partial charge on any atom is -0.457 e. The molecule has 0 bridgehead atoms. The van der Waals surface area contributed by atoms with Crippen LogP contribution in [0.1, 0.15) is 66.2 Å². The molecule has 56 heavy (non-hydrogen) atoms. The number of aromatic amines is 1. The van der Waals surface area contributed by atoms with Crippen molar-refractivity contribution < 1.29 is 33.6 Å². The zero-order valence-corrected chi connectivity index (χ0v) is 30.6. The number of ether oxygens (including phenoxy) is 1. The molecule has 2 aromatic heterocycles. The lowest BCUT2D eigenvalue weighted by atomic mass is 10.0. The van der Waals surface area contributed by atoms with Gasteiger partial charge in [0.05, 0.1) is 16.1 Å². The minimum atomic E-state index is -0.545. The van der Waals surface area contributed by atoms with Gasteiger partial charge in [0.2, 0.25) is 18.2 Å². The third-order valence-electron chi connectivity index (χ3n) is 9.52. The second-order valence-electron chi connectivity index (χ2n) is 13.4. The molecule has 4 N–H and O–H groups in total. The summed E-state index contributed by atoms with van der Waals surface area (Å²) in [6.07, 6.45) is 6.07. The van der Waals surface area contributed by atoms with Crippen molar-refractivity contribution in [1.29, 1.82) is 0 Å². The maximum Gasteiger partial charge on any atom is 0.274 e. The molecule has 1 aliphatic heterocycles. The molecule has 0 radical (unpaired) electrons. The molecule has 1 atom stereocenters. The molecule has 0 saturated carbocycles. The fraction of sp³-hybridized carbons (Fsp3) is 0.250. The van der Waals surface area contributed by atoms with Crippen molar-refractivity contribution in [3.05, 3.63) is 111 Å². The predicted octanol–water partition coefficient (Wildman–Crippen LogP) is 5.88. The van der Waals surface area contributed by atoms with Crippen LogP contribution in [0.3, 0.4) is 0 Å². The van der Waals surface area contributed by atoms with Crippen molar-refractivity contribution in [2.45, 2.75) is 51.5 Å². The number of nitrogens with one attached hydrogen (secondary N) is 4. The molecule has 16 heteroatoms. The molecule has 3 heterocycles. The molecule has 0 saturated heterocycles. The number of non-ortho nitro benzene ring substituents is 1. The van der Waals surface area contributed by atoms with Gasteiger partial charge in [-0.05, 0) is 74.7 Å². The Morgan fingerprint density at radius 1 is 0.929 bits per heavy atom. The zero-order valence-electron chi connectivity index (χ0n) is 30.6. The van der Waals surface area contributed by atoms with Crippen LogP contribution in [-0.4, -0.2) is 62.0 Å². The van der Waals surface area contributed by atoms with E-state index in [1.807, 2.05) is 0 Å². The number of hydrogen-bond donors (Lipinski definition) is 4. The van der Waals surface area contributed by atoms with E-state index in [1.165, 1.54) is 22.8 Å². The summed E-state index contributed by atoms with van der Waals surface area (Å²) in [5, 5.41) is 20.4. The molecule has 0 fully saturated rings. The molecular weight excluding hydrogens is 722 g/mol. The highest BCUT2D eigenvalue weighted by atomic mass is 16.6. The molecule has 16 nitrogen and oxygen atoms in total. The van der Waals surface area contributed by atoms with Crippen LogP contribution in [0.5, 0.6) is 11.5 Å². The summed E-state index contributed by atoms with van der Waals surface area (Å²) in [5.41, 5.74) is 2.67. The quantitative estimate of drug-likeness (QED) is 0.0290. The Morgan fingerprint density at radius 2 is 1.71 bits per heavy atom. The summed E-state index contributed by atoms with van der Waals surface area (Å²) < 4.78 is 7.57. The molecule has 5 amide bonds. The number of nitro groups is 1. The van der Waals surface area contributed by atoms with Gasteiger partial charge in [-0.25, -0.2) is 0 Å². The summed E-state index contributed by atoms with van der Waals surface area (Å²) in [5.74, 6) is -0.758. The number of benzene rings is 3. The number of hydrogen-bond acceptors (Lipinski definition) is 10. The lowest BCUT2D eigenvalue weighted by Crippen LogP contribution is -2.38. The second kappa shape index (κ2) is 16.9. The fourth-order valence-corrected chi connectivity index (χ4v) is 6.64. The molecule has 0 spiro atoms. The third-order valence-corrected chi connectivity index (χ3v) is 9.52. The number of fused-ring (bicyclic) bond motifs is 2. The van der Waals surface area contributed by atoms with Gasteiger partial charge in [-0.3, -0.25) is 49.1 Å². The van der Waals surface area contributed by atoms with Crippen LogP contribution < -0.4 is 26.2 Å². The number of rotatable bonds is 17. The van der Waals surface area contributed by atoms with Crippen molar-refractivity contribution in [2.24, 2.45) is 7.05 Å². The van der Waals surface area contributed by atoms with Crippen LogP contribution >= 0.6 is 0 Å². The van der Waals surface area contributed by atoms with Crippen LogP contribution in [-0.2, 0) is 21.4 Å². The maximum absolute atomic E-state index is 13.3. The number of aryl methyl sites for hydroxylation is 1. The largest absolute Gasteiger partial charge is 0.457 e. The number of carbonyl (C=O) groups excluding carboxylic acids is 5. The topological polar surface area (TPSA) is 215 Å². The number of anilines is 2. The van der Waals surface area contributed by atoms with Gasteiger partial charge >= 0.3 is 0 Å². The molecule has 5 aromatic rings. The summed E-state index contributed by atoms with van der Waals surface area (Å²) in [7, 11) is 1.60. The van der Waals surface area contributed by atoms with E-state index in [0.717, 1.165) is 11.3 Å². The standard InChI is InChI=1S/C40H39N7O9/c1-24(10-17-34(49)43-23-48)46-38(51)29-7-6-8-32(36(29)39(46)52)41-19-5-3-4-9-35(50)44-25-11-14-27(15-12-25)56-33-16-13-26(47(54)55)21-30(33)31-22-45(2)40(53)37-28(31)18-20-42-37/h6-8,11-16,18,20-24,41-42H,3-5,9-10,17,19H2,1-2H3,(H,44,50)(H,43,48,49). The van der Waals surface area contributed by atoms with E-state index < -0.39 is 28.7 Å².